The summed E-state index contributed by atoms with van der Waals surface area (Å²) in [5.41, 5.74) is 4.50. The lowest BCUT2D eigenvalue weighted by atomic mass is 9.54. The number of hydrogen-bond acceptors (Lipinski definition) is 2. The number of alkyl halides is 1. The molecule has 0 heterocycles. The molecule has 0 saturated heterocycles. The maximum absolute atomic E-state index is 10.3. The predicted molar refractivity (Wildman–Crippen MR) is 135 cm³/mol. The van der Waals surface area contributed by atoms with Crippen LogP contribution in [0.1, 0.15) is 93.4 Å². The second-order valence-corrected chi connectivity index (χ2v) is 7.57. The lowest BCUT2D eigenvalue weighted by molar-refractivity contribution is -0.0739. The van der Waals surface area contributed by atoms with Gasteiger partial charge >= 0.3 is 0 Å². The first-order valence-corrected chi connectivity index (χ1v) is 11.9. The van der Waals surface area contributed by atoms with Crippen molar-refractivity contribution in [2.45, 2.75) is 99.5 Å². The van der Waals surface area contributed by atoms with Crippen LogP contribution in [-0.2, 0) is 0 Å². The fraction of sp³-hybridized carbons (Fsp3) is 0.852. The van der Waals surface area contributed by atoms with E-state index in [1.165, 1.54) is 45.6 Å². The van der Waals surface area contributed by atoms with E-state index in [9.17, 15) is 9.50 Å². The molecule has 0 aromatic rings. The van der Waals surface area contributed by atoms with Crippen LogP contribution in [0.5, 0.6) is 0 Å². The molecule has 3 heteroatoms. The fourth-order valence-corrected chi connectivity index (χ4v) is 5.45. The summed E-state index contributed by atoms with van der Waals surface area (Å²) in [5, 5.41) is 10.3. The third kappa shape index (κ3) is 12.6. The lowest BCUT2D eigenvalue weighted by Gasteiger charge is -2.52. The summed E-state index contributed by atoms with van der Waals surface area (Å²) in [6.45, 7) is 14.5. The summed E-state index contributed by atoms with van der Waals surface area (Å²) in [6, 6.07) is 0. The van der Waals surface area contributed by atoms with E-state index in [0.29, 0.717) is 13.1 Å². The molecule has 3 aliphatic carbocycles. The standard InChI is InChI=1S/C16H28O.C3H4.2C2H6.C2H2.CH3F.CH5N/c1-10-8-15-13-5-3-4-11(2)12(13)6-7-14(15)16(17)9-10;1-3-2;5*1-2/h10-17H,3-9H2,1-2H3;1H,2H3;2*1-2H3;1-2H;1H3;2H2,1H3/t10?,11-,12+,13?,14?,15-,16+;;;;;;/m0....../s1. The molecule has 0 radical (unpaired) electrons. The smallest absolute Gasteiger partial charge is 0.0785 e. The van der Waals surface area contributed by atoms with Crippen LogP contribution in [0.25, 0.3) is 0 Å². The number of terminal acetylenes is 2. The molecule has 2 nitrogen and oxygen atoms in total. The van der Waals surface area contributed by atoms with Gasteiger partial charge in [0.2, 0.25) is 0 Å². The molecule has 3 rings (SSSR count). The molecule has 3 N–H and O–H groups in total. The summed E-state index contributed by atoms with van der Waals surface area (Å²) in [7, 11) is 2.00. The Morgan fingerprint density at radius 2 is 1.23 bits per heavy atom. The fourth-order valence-electron chi connectivity index (χ4n) is 5.45. The minimum atomic E-state index is 0.0157. The zero-order valence-electron chi connectivity index (χ0n) is 21.6. The van der Waals surface area contributed by atoms with Crippen molar-refractivity contribution in [3.05, 3.63) is 0 Å². The van der Waals surface area contributed by atoms with E-state index >= 15 is 0 Å². The van der Waals surface area contributed by atoms with Gasteiger partial charge in [-0.05, 0) is 81.6 Å². The van der Waals surface area contributed by atoms with Crippen LogP contribution < -0.4 is 5.73 Å². The first kappa shape index (κ1) is 36.3. The topological polar surface area (TPSA) is 46.2 Å². The molecule has 7 atom stereocenters. The van der Waals surface area contributed by atoms with E-state index in [0.717, 1.165) is 36.0 Å². The van der Waals surface area contributed by atoms with Gasteiger partial charge in [-0.15, -0.1) is 25.2 Å². The van der Waals surface area contributed by atoms with Crippen molar-refractivity contribution in [2.75, 3.05) is 14.2 Å². The van der Waals surface area contributed by atoms with Crippen molar-refractivity contribution in [2.24, 2.45) is 41.2 Å². The highest BCUT2D eigenvalue weighted by atomic mass is 19.1. The minimum absolute atomic E-state index is 0.0157. The average molecular weight is 428 g/mol. The molecule has 3 unspecified atom stereocenters. The number of aliphatic hydroxyl groups excluding tert-OH is 1. The highest BCUT2D eigenvalue weighted by Crippen LogP contribution is 2.53. The highest BCUT2D eigenvalue weighted by molar-refractivity contribution is 4.97. The molecule has 0 aliphatic heterocycles. The zero-order chi connectivity index (χ0) is 24.7. The van der Waals surface area contributed by atoms with Gasteiger partial charge in [-0.1, -0.05) is 54.4 Å². The quantitative estimate of drug-likeness (QED) is 0.410. The molecule has 3 aliphatic rings. The normalized spacial score (nSPS) is 32.2. The van der Waals surface area contributed by atoms with E-state index in [1.807, 2.05) is 27.7 Å². The van der Waals surface area contributed by atoms with E-state index in [1.54, 1.807) is 6.92 Å². The van der Waals surface area contributed by atoms with E-state index in [4.69, 9.17) is 0 Å². The summed E-state index contributed by atoms with van der Waals surface area (Å²) >= 11 is 0. The molecular formula is C27H54FNO. The molecule has 0 aromatic heterocycles. The second kappa shape index (κ2) is 26.0. The molecule has 0 aromatic carbocycles. The van der Waals surface area contributed by atoms with Gasteiger partial charge in [0.1, 0.15) is 0 Å². The van der Waals surface area contributed by atoms with Gasteiger partial charge in [-0.2, -0.15) is 0 Å². The third-order valence-corrected chi connectivity index (χ3v) is 6.22. The molecule has 3 fully saturated rings. The molecule has 180 valence electrons. The monoisotopic (exact) mass is 427 g/mol. The van der Waals surface area contributed by atoms with E-state index in [2.05, 4.69) is 44.8 Å². The van der Waals surface area contributed by atoms with Crippen molar-refractivity contribution in [3.63, 3.8) is 0 Å². The molecule has 0 bridgehead atoms. The van der Waals surface area contributed by atoms with Crippen LogP contribution in [0.2, 0.25) is 0 Å². The molecule has 0 amide bonds. The Hall–Kier alpha value is -1.03. The number of fused-ring (bicyclic) bond motifs is 3. The Labute approximate surface area is 190 Å². The van der Waals surface area contributed by atoms with Crippen molar-refractivity contribution in [1.82, 2.24) is 0 Å². The Morgan fingerprint density at radius 3 is 1.70 bits per heavy atom. The van der Waals surface area contributed by atoms with E-state index in [-0.39, 0.29) is 6.10 Å². The number of halogens is 1. The van der Waals surface area contributed by atoms with Crippen LogP contribution >= 0.6 is 0 Å². The summed E-state index contributed by atoms with van der Waals surface area (Å²) in [5.74, 6) is 7.40. The molecule has 0 spiro atoms. The number of aliphatic hydroxyl groups is 1. The first-order valence-electron chi connectivity index (χ1n) is 11.9. The Balaban J connectivity index is -0.000000223. The molecule has 30 heavy (non-hydrogen) atoms. The van der Waals surface area contributed by atoms with Crippen molar-refractivity contribution < 1.29 is 9.50 Å². The van der Waals surface area contributed by atoms with Crippen LogP contribution in [0.3, 0.4) is 0 Å². The maximum atomic E-state index is 10.3. The van der Waals surface area contributed by atoms with Crippen LogP contribution in [0.15, 0.2) is 0 Å². The van der Waals surface area contributed by atoms with Gasteiger partial charge < -0.3 is 10.8 Å². The summed E-state index contributed by atoms with van der Waals surface area (Å²) in [6.07, 6.45) is 22.1. The Morgan fingerprint density at radius 1 is 0.800 bits per heavy atom. The Bertz CT molecular complexity index is 390. The van der Waals surface area contributed by atoms with Gasteiger partial charge in [0.15, 0.2) is 0 Å². The van der Waals surface area contributed by atoms with Crippen LogP contribution in [-0.4, -0.2) is 25.4 Å². The average Bonchev–Trinajstić information content (AvgIpc) is 2.81. The predicted octanol–water partition coefficient (Wildman–Crippen LogP) is 6.96. The molecular weight excluding hydrogens is 373 g/mol. The highest BCUT2D eigenvalue weighted by Gasteiger charge is 2.47. The van der Waals surface area contributed by atoms with Gasteiger partial charge in [0.05, 0.1) is 13.3 Å². The molecule has 3 saturated carbocycles. The van der Waals surface area contributed by atoms with Crippen molar-refractivity contribution in [3.8, 4) is 25.2 Å². The number of nitrogens with two attached hydrogens (primary N) is 1. The second-order valence-electron chi connectivity index (χ2n) is 7.57. The Kier molecular flexibility index (Phi) is 31.5. The van der Waals surface area contributed by atoms with Crippen molar-refractivity contribution in [1.29, 1.82) is 0 Å². The number of rotatable bonds is 0. The first-order chi connectivity index (χ1) is 14.6. The third-order valence-electron chi connectivity index (χ3n) is 6.22. The van der Waals surface area contributed by atoms with E-state index < -0.39 is 0 Å². The summed E-state index contributed by atoms with van der Waals surface area (Å²) in [4.78, 5) is 0. The van der Waals surface area contributed by atoms with Gasteiger partial charge in [0.25, 0.3) is 0 Å². The van der Waals surface area contributed by atoms with Gasteiger partial charge in [-0.25, -0.2) is 0 Å². The largest absolute Gasteiger partial charge is 0.393 e. The SMILES string of the molecule is C#C.C#CC.CC.CC.CC1C[C@@H]2C(CC[C@H]3C2CCC[C@@H]3C)[C@H](O)C1.CF.CN. The minimum Gasteiger partial charge on any atom is -0.393 e. The van der Waals surface area contributed by atoms with Crippen LogP contribution in [0, 0.1) is 60.7 Å². The van der Waals surface area contributed by atoms with Gasteiger partial charge in [0, 0.05) is 0 Å². The summed E-state index contributed by atoms with van der Waals surface area (Å²) < 4.78 is 9.50. The van der Waals surface area contributed by atoms with Crippen LogP contribution in [0.4, 0.5) is 4.39 Å². The lowest BCUT2D eigenvalue weighted by Crippen LogP contribution is -2.47. The van der Waals surface area contributed by atoms with Crippen molar-refractivity contribution >= 4 is 0 Å². The zero-order valence-corrected chi connectivity index (χ0v) is 21.6. The number of hydrogen-bond donors (Lipinski definition) is 2. The van der Waals surface area contributed by atoms with Gasteiger partial charge in [-0.3, -0.25) is 4.39 Å². The maximum Gasteiger partial charge on any atom is 0.0785 e.